The van der Waals surface area contributed by atoms with Crippen LogP contribution in [0.15, 0.2) is 108 Å². The smallest absolute Gasteiger partial charge is 0.220 e. The van der Waals surface area contributed by atoms with E-state index in [0.717, 1.165) is 18.2 Å². The van der Waals surface area contributed by atoms with Crippen LogP contribution >= 0.6 is 15.9 Å². The zero-order valence-corrected chi connectivity index (χ0v) is 37.6. The fourth-order valence-electron chi connectivity index (χ4n) is 9.33. The summed E-state index contributed by atoms with van der Waals surface area (Å²) >= 11 is 3.07. The number of nitrogens with two attached hydrogens (primary N) is 1. The first kappa shape index (κ1) is 47.7. The first-order valence-corrected chi connectivity index (χ1v) is 22.2. The molecule has 350 valence electrons. The number of hydrogen-bond acceptors (Lipinski definition) is 6. The van der Waals surface area contributed by atoms with Crippen molar-refractivity contribution in [2.24, 2.45) is 7.05 Å². The Morgan fingerprint density at radius 2 is 1.04 bits per heavy atom. The topological polar surface area (TPSA) is 120 Å². The molecule has 2 aromatic heterocycles. The molecule has 5 aromatic carbocycles. The van der Waals surface area contributed by atoms with Gasteiger partial charge in [-0.25, -0.2) is 45.1 Å². The van der Waals surface area contributed by atoms with Crippen molar-refractivity contribution in [3.63, 3.8) is 0 Å². The molecular formula is C51H40BrF8N5O3. The molecule has 3 N–H and O–H groups in total. The number of rotatable bonds is 6. The summed E-state index contributed by atoms with van der Waals surface area (Å²) in [5, 5.41) is 3.19. The van der Waals surface area contributed by atoms with Crippen LogP contribution in [0, 0.1) is 46.5 Å². The van der Waals surface area contributed by atoms with Crippen LogP contribution in [0.4, 0.5) is 40.9 Å². The summed E-state index contributed by atoms with van der Waals surface area (Å²) in [5.41, 5.74) is 10.1. The second-order valence-electron chi connectivity index (χ2n) is 17.1. The lowest BCUT2D eigenvalue weighted by Gasteiger charge is -2.13. The summed E-state index contributed by atoms with van der Waals surface area (Å²) < 4.78 is 110. The minimum atomic E-state index is -0.676. The maximum atomic E-state index is 15.2. The summed E-state index contributed by atoms with van der Waals surface area (Å²) in [6.45, 7) is 0.460. The Labute approximate surface area is 392 Å². The van der Waals surface area contributed by atoms with Gasteiger partial charge in [0.2, 0.25) is 5.91 Å². The molecule has 5 unspecified atom stereocenters. The van der Waals surface area contributed by atoms with Gasteiger partial charge in [0, 0.05) is 86.1 Å². The third-order valence-corrected chi connectivity index (χ3v) is 13.2. The minimum Gasteiger partial charge on any atom is -0.383 e. The lowest BCUT2D eigenvalue weighted by atomic mass is 9.91. The number of amides is 1. The van der Waals surface area contributed by atoms with Gasteiger partial charge >= 0.3 is 0 Å². The minimum absolute atomic E-state index is 0.0311. The van der Waals surface area contributed by atoms with E-state index in [-0.39, 0.29) is 53.9 Å². The zero-order chi connectivity index (χ0) is 48.6. The molecule has 3 fully saturated rings. The maximum absolute atomic E-state index is 15.2. The Morgan fingerprint density at radius 3 is 1.50 bits per heavy atom. The molecule has 17 heteroatoms. The molecule has 0 bridgehead atoms. The fraction of sp³-hybridized carbons (Fsp3) is 0.235. The van der Waals surface area contributed by atoms with Crippen molar-refractivity contribution >= 4 is 50.3 Å². The summed E-state index contributed by atoms with van der Waals surface area (Å²) in [5.74, 6) is -6.31. The van der Waals surface area contributed by atoms with E-state index >= 15 is 4.39 Å². The molecule has 5 atom stereocenters. The number of carbonyl (C=O) groups is 3. The van der Waals surface area contributed by atoms with Crippen molar-refractivity contribution in [1.82, 2.24) is 19.9 Å². The van der Waals surface area contributed by atoms with Crippen molar-refractivity contribution in [1.29, 1.82) is 0 Å². The Balaban J connectivity index is 0.000000150. The average Bonchev–Trinajstić information content (AvgIpc) is 4.07. The molecule has 1 aliphatic heterocycles. The molecule has 10 rings (SSSR count). The van der Waals surface area contributed by atoms with E-state index in [1.165, 1.54) is 54.9 Å². The number of halogens is 9. The maximum Gasteiger partial charge on any atom is 0.220 e. The van der Waals surface area contributed by atoms with E-state index in [1.807, 2.05) is 0 Å². The van der Waals surface area contributed by atoms with E-state index in [1.54, 1.807) is 42.1 Å². The third-order valence-electron chi connectivity index (χ3n) is 12.6. The van der Waals surface area contributed by atoms with E-state index < -0.39 is 58.4 Å². The SMILES string of the molecule is Cn1cc(-c2ccc(C3CC(c4cc(F)cc(F)c4)CC3=O)cc2F)c2c(N)ncnc21.O=C1CC(c2cc(F)cc(F)c2)CC1c1ccc(Br)c(F)c1.O=C1CC(c2cc(F)cc(F)c2)CN1. The Bertz CT molecular complexity index is 3050. The van der Waals surface area contributed by atoms with Crippen molar-refractivity contribution in [2.75, 3.05) is 12.3 Å². The van der Waals surface area contributed by atoms with Crippen LogP contribution in [0.2, 0.25) is 0 Å². The Hall–Kier alpha value is -6.75. The summed E-state index contributed by atoms with van der Waals surface area (Å²) in [4.78, 5) is 44.0. The van der Waals surface area contributed by atoms with Gasteiger partial charge in [0.1, 0.15) is 75.9 Å². The van der Waals surface area contributed by atoms with E-state index in [2.05, 4.69) is 31.2 Å². The number of carbonyl (C=O) groups excluding carboxylic acids is 3. The fourth-order valence-corrected chi connectivity index (χ4v) is 9.58. The number of nitrogens with zero attached hydrogens (tertiary/aromatic N) is 3. The molecule has 2 aliphatic carbocycles. The molecular weight excluding hydrogens is 962 g/mol. The predicted molar refractivity (Wildman–Crippen MR) is 241 cm³/mol. The highest BCUT2D eigenvalue weighted by atomic mass is 79.9. The highest BCUT2D eigenvalue weighted by Crippen LogP contribution is 2.44. The number of aromatic nitrogens is 3. The highest BCUT2D eigenvalue weighted by Gasteiger charge is 2.36. The third kappa shape index (κ3) is 10.5. The van der Waals surface area contributed by atoms with Crippen LogP contribution in [0.1, 0.15) is 89.5 Å². The van der Waals surface area contributed by atoms with Gasteiger partial charge in [0.05, 0.1) is 9.86 Å². The number of Topliss-reactive ketones (excluding diaryl/α,β-unsaturated/α-hetero) is 2. The van der Waals surface area contributed by atoms with Gasteiger partial charge in [-0.2, -0.15) is 0 Å². The van der Waals surface area contributed by atoms with Gasteiger partial charge in [-0.3, -0.25) is 14.4 Å². The van der Waals surface area contributed by atoms with Crippen LogP contribution in [0.3, 0.4) is 0 Å². The molecule has 1 amide bonds. The molecule has 0 spiro atoms. The summed E-state index contributed by atoms with van der Waals surface area (Å²) in [7, 11) is 1.79. The highest BCUT2D eigenvalue weighted by molar-refractivity contribution is 9.10. The lowest BCUT2D eigenvalue weighted by molar-refractivity contribution is -0.119. The van der Waals surface area contributed by atoms with Crippen molar-refractivity contribution in [3.8, 4) is 11.1 Å². The molecule has 1 saturated heterocycles. The molecule has 3 heterocycles. The summed E-state index contributed by atoms with van der Waals surface area (Å²) in [6, 6.07) is 19.3. The Morgan fingerprint density at radius 1 is 0.574 bits per heavy atom. The van der Waals surface area contributed by atoms with Crippen LogP contribution in [0.5, 0.6) is 0 Å². The van der Waals surface area contributed by atoms with Gasteiger partial charge in [-0.15, -0.1) is 0 Å². The first-order chi connectivity index (χ1) is 32.4. The molecule has 8 nitrogen and oxygen atoms in total. The number of nitrogen functional groups attached to an aromatic ring is 1. The monoisotopic (exact) mass is 1000 g/mol. The van der Waals surface area contributed by atoms with Crippen molar-refractivity contribution in [3.05, 3.63) is 182 Å². The average molecular weight is 1000 g/mol. The lowest BCUT2D eigenvalue weighted by Crippen LogP contribution is -2.13. The van der Waals surface area contributed by atoms with Crippen LogP contribution in [-0.2, 0) is 21.4 Å². The van der Waals surface area contributed by atoms with Crippen LogP contribution < -0.4 is 11.1 Å². The van der Waals surface area contributed by atoms with E-state index in [9.17, 15) is 45.1 Å². The standard InChI is InChI=1S/C24H19F3N4O.C17H12BrF3O.C10H9F2NO/c1-31-10-19(22-23(28)29-11-30-24(22)31)17-3-2-12(7-20(17)27)18-6-14(8-21(18)32)13-4-15(25)9-16(26)5-13;18-15-2-1-9(6-16(15)21)14-5-11(7-17(14)22)10-3-12(19)8-13(20)4-10;11-8-1-6(2-9(12)4-8)7-3-10(14)13-5-7/h2-5,7,9-11,14,18H,6,8H2,1H3,(H2,28,29,30);1-4,6,8,11,14H,5,7H2;1-2,4,7H,3,5H2,(H,13,14). The van der Waals surface area contributed by atoms with Gasteiger partial charge < -0.3 is 15.6 Å². The predicted octanol–water partition coefficient (Wildman–Crippen LogP) is 11.5. The number of ketones is 2. The molecule has 0 radical (unpaired) electrons. The van der Waals surface area contributed by atoms with Gasteiger partial charge in [-0.1, -0.05) is 18.2 Å². The number of fused-ring (bicyclic) bond motifs is 1. The van der Waals surface area contributed by atoms with Crippen molar-refractivity contribution in [2.45, 2.75) is 61.7 Å². The van der Waals surface area contributed by atoms with Crippen molar-refractivity contribution < 1.29 is 49.5 Å². The second-order valence-corrected chi connectivity index (χ2v) is 18.0. The normalized spacial score (nSPS) is 20.0. The summed E-state index contributed by atoms with van der Waals surface area (Å²) in [6.07, 6.45) is 4.58. The van der Waals surface area contributed by atoms with Crippen LogP contribution in [-0.4, -0.2) is 38.6 Å². The molecule has 68 heavy (non-hydrogen) atoms. The first-order valence-electron chi connectivity index (χ1n) is 21.4. The molecule has 7 aromatic rings. The van der Waals surface area contributed by atoms with Gasteiger partial charge in [0.25, 0.3) is 0 Å². The quantitative estimate of drug-likeness (QED) is 0.160. The van der Waals surface area contributed by atoms with Gasteiger partial charge in [-0.05, 0) is 123 Å². The number of nitrogens with one attached hydrogen (secondary N) is 1. The molecule has 3 aliphatic rings. The Kier molecular flexibility index (Phi) is 13.9. The van der Waals surface area contributed by atoms with Gasteiger partial charge in [0.15, 0.2) is 0 Å². The largest absolute Gasteiger partial charge is 0.383 e. The number of hydrogen-bond donors (Lipinski definition) is 2. The molecule has 2 saturated carbocycles. The zero-order valence-electron chi connectivity index (χ0n) is 36.0. The number of anilines is 1. The number of aryl methyl sites for hydroxylation is 1. The van der Waals surface area contributed by atoms with E-state index in [0.29, 0.717) is 80.3 Å². The number of benzene rings is 5. The van der Waals surface area contributed by atoms with E-state index in [4.69, 9.17) is 5.73 Å². The second kappa shape index (κ2) is 19.8. The van der Waals surface area contributed by atoms with Crippen LogP contribution in [0.25, 0.3) is 22.2 Å².